The van der Waals surface area contributed by atoms with Crippen LogP contribution in [0.4, 0.5) is 5.95 Å². The molecule has 7 heteroatoms. The minimum absolute atomic E-state index is 0.514. The Morgan fingerprint density at radius 3 is 2.59 bits per heavy atom. The fourth-order valence-corrected chi connectivity index (χ4v) is 2.97. The van der Waals surface area contributed by atoms with Crippen LogP contribution in [0.25, 0.3) is 5.69 Å². The maximum Gasteiger partial charge on any atom is 0.250 e. The third-order valence-electron chi connectivity index (χ3n) is 4.15. The molecule has 0 amide bonds. The van der Waals surface area contributed by atoms with E-state index in [0.29, 0.717) is 6.04 Å². The molecule has 1 aliphatic rings. The van der Waals surface area contributed by atoms with Gasteiger partial charge in [-0.05, 0) is 35.4 Å². The molecule has 2 aromatic heterocycles. The summed E-state index contributed by atoms with van der Waals surface area (Å²) in [6, 6.07) is 10.5. The molecule has 7 nitrogen and oxygen atoms in total. The van der Waals surface area contributed by atoms with Crippen molar-refractivity contribution in [1.29, 1.82) is 0 Å². The van der Waals surface area contributed by atoms with Crippen LogP contribution in [0.1, 0.15) is 18.9 Å². The first-order valence-corrected chi connectivity index (χ1v) is 7.48. The van der Waals surface area contributed by atoms with E-state index in [1.165, 1.54) is 0 Å². The first kappa shape index (κ1) is 13.0. The number of nitrogens with zero attached hydrogens (tertiary/aromatic N) is 7. The summed E-state index contributed by atoms with van der Waals surface area (Å²) < 4.78 is 4.00. The van der Waals surface area contributed by atoms with Crippen molar-refractivity contribution in [1.82, 2.24) is 29.8 Å². The second-order valence-corrected chi connectivity index (χ2v) is 5.45. The molecule has 3 heterocycles. The summed E-state index contributed by atoms with van der Waals surface area (Å²) in [5.74, 6) is 0.815. The molecule has 22 heavy (non-hydrogen) atoms. The third-order valence-corrected chi connectivity index (χ3v) is 4.15. The van der Waals surface area contributed by atoms with E-state index >= 15 is 0 Å². The van der Waals surface area contributed by atoms with Gasteiger partial charge in [0, 0.05) is 31.5 Å². The van der Waals surface area contributed by atoms with Crippen LogP contribution in [0.3, 0.4) is 0 Å². The first-order chi connectivity index (χ1) is 10.9. The molecule has 0 aliphatic carbocycles. The number of para-hydroxylation sites is 1. The van der Waals surface area contributed by atoms with Crippen LogP contribution in [0, 0.1) is 0 Å². The van der Waals surface area contributed by atoms with Crippen molar-refractivity contribution in [2.24, 2.45) is 0 Å². The van der Waals surface area contributed by atoms with Gasteiger partial charge in [0.05, 0.1) is 12.0 Å². The zero-order valence-electron chi connectivity index (χ0n) is 12.2. The van der Waals surface area contributed by atoms with Crippen molar-refractivity contribution in [2.45, 2.75) is 18.9 Å². The Labute approximate surface area is 128 Å². The average Bonchev–Trinajstić information content (AvgIpc) is 3.28. The lowest BCUT2D eigenvalue weighted by Gasteiger charge is -2.32. The van der Waals surface area contributed by atoms with E-state index in [9.17, 15) is 0 Å². The summed E-state index contributed by atoms with van der Waals surface area (Å²) in [5, 5.41) is 12.2. The standard InChI is InChI=1S/C15H17N7/c1-2-4-14(5-3-1)22-15(17-18-19-22)20-9-6-13(7-10-20)21-11-8-16-12-21/h1-5,8,11-13H,6-7,9-10H2. The van der Waals surface area contributed by atoms with E-state index in [-0.39, 0.29) is 0 Å². The van der Waals surface area contributed by atoms with Crippen LogP contribution in [0.15, 0.2) is 49.1 Å². The minimum atomic E-state index is 0.514. The second kappa shape index (κ2) is 5.59. The van der Waals surface area contributed by atoms with Crippen molar-refractivity contribution >= 4 is 5.95 Å². The second-order valence-electron chi connectivity index (χ2n) is 5.45. The van der Waals surface area contributed by atoms with E-state index in [1.54, 1.807) is 4.68 Å². The van der Waals surface area contributed by atoms with Gasteiger partial charge in [0.15, 0.2) is 0 Å². The van der Waals surface area contributed by atoms with Crippen LogP contribution in [-0.4, -0.2) is 42.8 Å². The lowest BCUT2D eigenvalue weighted by Crippen LogP contribution is -2.36. The maximum absolute atomic E-state index is 4.21. The smallest absolute Gasteiger partial charge is 0.250 e. The third kappa shape index (κ3) is 2.34. The quantitative estimate of drug-likeness (QED) is 0.736. The molecule has 1 fully saturated rings. The molecular weight excluding hydrogens is 278 g/mol. The Kier molecular flexibility index (Phi) is 3.30. The largest absolute Gasteiger partial charge is 0.339 e. The lowest BCUT2D eigenvalue weighted by molar-refractivity contribution is 0.392. The summed E-state index contributed by atoms with van der Waals surface area (Å²) in [7, 11) is 0. The number of rotatable bonds is 3. The zero-order chi connectivity index (χ0) is 14.8. The molecule has 0 unspecified atom stereocenters. The average molecular weight is 295 g/mol. The SMILES string of the molecule is c1ccc(-n2nnnc2N2CCC(n3ccnc3)CC2)cc1. The number of benzene rings is 1. The van der Waals surface area contributed by atoms with E-state index in [1.807, 2.05) is 49.1 Å². The normalized spacial score (nSPS) is 16.1. The van der Waals surface area contributed by atoms with E-state index in [4.69, 9.17) is 0 Å². The highest BCUT2D eigenvalue weighted by Crippen LogP contribution is 2.25. The Bertz CT molecular complexity index is 711. The summed E-state index contributed by atoms with van der Waals surface area (Å²) in [5.41, 5.74) is 0.985. The summed E-state index contributed by atoms with van der Waals surface area (Å²) in [6.07, 6.45) is 7.90. The van der Waals surface area contributed by atoms with E-state index in [2.05, 4.69) is 30.0 Å². The minimum Gasteiger partial charge on any atom is -0.339 e. The zero-order valence-corrected chi connectivity index (χ0v) is 12.2. The Hall–Kier alpha value is -2.70. The van der Waals surface area contributed by atoms with Crippen molar-refractivity contribution < 1.29 is 0 Å². The van der Waals surface area contributed by atoms with Crippen molar-refractivity contribution in [3.63, 3.8) is 0 Å². The number of aromatic nitrogens is 6. The predicted octanol–water partition coefficient (Wildman–Crippen LogP) is 1.70. The highest BCUT2D eigenvalue weighted by Gasteiger charge is 2.24. The van der Waals surface area contributed by atoms with Gasteiger partial charge in [-0.15, -0.1) is 0 Å². The summed E-state index contributed by atoms with van der Waals surface area (Å²) in [4.78, 5) is 6.38. The molecule has 1 saturated heterocycles. The monoisotopic (exact) mass is 295 g/mol. The van der Waals surface area contributed by atoms with Gasteiger partial charge in [-0.3, -0.25) is 0 Å². The highest BCUT2D eigenvalue weighted by atomic mass is 15.6. The highest BCUT2D eigenvalue weighted by molar-refractivity contribution is 5.40. The topological polar surface area (TPSA) is 64.7 Å². The summed E-state index contributed by atoms with van der Waals surface area (Å²) >= 11 is 0. The molecular formula is C15H17N7. The molecule has 0 saturated carbocycles. The van der Waals surface area contributed by atoms with Gasteiger partial charge in [-0.25, -0.2) is 4.98 Å². The van der Waals surface area contributed by atoms with Crippen molar-refractivity contribution in [3.05, 3.63) is 49.1 Å². The number of hydrogen-bond acceptors (Lipinski definition) is 5. The molecule has 1 aromatic carbocycles. The Balaban J connectivity index is 1.52. The van der Waals surface area contributed by atoms with Gasteiger partial charge in [-0.1, -0.05) is 23.3 Å². The molecule has 112 valence electrons. The number of tetrazole rings is 1. The van der Waals surface area contributed by atoms with Crippen molar-refractivity contribution in [3.8, 4) is 5.69 Å². The van der Waals surface area contributed by atoms with E-state index < -0.39 is 0 Å². The van der Waals surface area contributed by atoms with Crippen LogP contribution < -0.4 is 4.90 Å². The van der Waals surface area contributed by atoms with Gasteiger partial charge >= 0.3 is 0 Å². The van der Waals surface area contributed by atoms with Gasteiger partial charge < -0.3 is 9.47 Å². The molecule has 0 N–H and O–H groups in total. The number of imidazole rings is 1. The van der Waals surface area contributed by atoms with Gasteiger partial charge in [-0.2, -0.15) is 4.68 Å². The van der Waals surface area contributed by atoms with Gasteiger partial charge in [0.25, 0.3) is 0 Å². The predicted molar refractivity (Wildman–Crippen MR) is 81.9 cm³/mol. The number of hydrogen-bond donors (Lipinski definition) is 0. The lowest BCUT2D eigenvalue weighted by atomic mass is 10.1. The Morgan fingerprint density at radius 2 is 1.86 bits per heavy atom. The maximum atomic E-state index is 4.21. The first-order valence-electron chi connectivity index (χ1n) is 7.48. The van der Waals surface area contributed by atoms with Crippen LogP contribution >= 0.6 is 0 Å². The molecule has 0 radical (unpaired) electrons. The number of piperidine rings is 1. The van der Waals surface area contributed by atoms with Crippen LogP contribution in [-0.2, 0) is 0 Å². The molecule has 0 spiro atoms. The van der Waals surface area contributed by atoms with Crippen molar-refractivity contribution in [2.75, 3.05) is 18.0 Å². The molecule has 0 atom stereocenters. The molecule has 1 aliphatic heterocycles. The molecule has 0 bridgehead atoms. The Morgan fingerprint density at radius 1 is 1.05 bits per heavy atom. The van der Waals surface area contributed by atoms with Crippen LogP contribution in [0.5, 0.6) is 0 Å². The van der Waals surface area contributed by atoms with E-state index in [0.717, 1.165) is 37.6 Å². The number of anilines is 1. The fourth-order valence-electron chi connectivity index (χ4n) is 2.97. The fraction of sp³-hybridized carbons (Fsp3) is 0.333. The van der Waals surface area contributed by atoms with Crippen LogP contribution in [0.2, 0.25) is 0 Å². The van der Waals surface area contributed by atoms with Gasteiger partial charge in [0.1, 0.15) is 0 Å². The summed E-state index contributed by atoms with van der Waals surface area (Å²) in [6.45, 7) is 1.88. The molecule has 4 rings (SSSR count). The van der Waals surface area contributed by atoms with Gasteiger partial charge in [0.2, 0.25) is 5.95 Å². The molecule has 3 aromatic rings.